The van der Waals surface area contributed by atoms with Crippen LogP contribution in [-0.4, -0.2) is 5.75 Å². The molecule has 0 aliphatic rings. The lowest BCUT2D eigenvalue weighted by Crippen LogP contribution is -2.16. The van der Waals surface area contributed by atoms with Gasteiger partial charge >= 0.3 is 0 Å². The van der Waals surface area contributed by atoms with Crippen molar-refractivity contribution in [3.05, 3.63) is 15.4 Å². The highest BCUT2D eigenvalue weighted by Crippen LogP contribution is 2.40. The second-order valence-electron chi connectivity index (χ2n) is 3.99. The second-order valence-corrected chi connectivity index (χ2v) is 7.33. The van der Waals surface area contributed by atoms with E-state index in [2.05, 4.69) is 20.8 Å². The maximum absolute atomic E-state index is 5.92. The summed E-state index contributed by atoms with van der Waals surface area (Å²) < 4.78 is 1.92. The maximum Gasteiger partial charge on any atom is 0.113 e. The van der Waals surface area contributed by atoms with Gasteiger partial charge in [0, 0.05) is 5.75 Å². The van der Waals surface area contributed by atoms with Gasteiger partial charge in [0.25, 0.3) is 0 Å². The van der Waals surface area contributed by atoms with Crippen LogP contribution in [0.25, 0.3) is 0 Å². The molecule has 0 radical (unpaired) electrons. The molecule has 4 heteroatoms. The van der Waals surface area contributed by atoms with Crippen LogP contribution in [0.15, 0.2) is 10.3 Å². The van der Waals surface area contributed by atoms with Crippen molar-refractivity contribution in [2.24, 2.45) is 5.41 Å². The Morgan fingerprint density at radius 2 is 1.93 bits per heavy atom. The van der Waals surface area contributed by atoms with Crippen LogP contribution in [0.3, 0.4) is 0 Å². The monoisotopic (exact) mass is 282 g/mol. The smallest absolute Gasteiger partial charge is 0.113 e. The topological polar surface area (TPSA) is 0 Å². The Labute approximate surface area is 110 Å². The lowest BCUT2D eigenvalue weighted by Gasteiger charge is -2.25. The van der Waals surface area contributed by atoms with E-state index in [9.17, 15) is 0 Å². The summed E-state index contributed by atoms with van der Waals surface area (Å²) in [6, 6.07) is 1.96. The van der Waals surface area contributed by atoms with Gasteiger partial charge in [-0.15, -0.1) is 23.1 Å². The zero-order valence-corrected chi connectivity index (χ0v) is 12.4. The third kappa shape index (κ3) is 3.85. The molecule has 0 bridgehead atoms. The molecule has 0 nitrogen and oxygen atoms in total. The van der Waals surface area contributed by atoms with Gasteiger partial charge in [0.05, 0.1) is 9.23 Å². The first-order chi connectivity index (χ1) is 7.00. The summed E-state index contributed by atoms with van der Waals surface area (Å²) in [5, 5.41) is 0.680. The Morgan fingerprint density at radius 3 is 2.33 bits per heavy atom. The molecule has 1 rings (SSSR count). The number of hydrogen-bond acceptors (Lipinski definition) is 2. The standard InChI is InChI=1S/C11H16Cl2S2/c1-4-11(3,5-2)7-14-9-6-8(12)10(13)15-9/h6H,4-5,7H2,1-3H3. The molecule has 0 saturated carbocycles. The van der Waals surface area contributed by atoms with E-state index in [0.29, 0.717) is 14.8 Å². The zero-order chi connectivity index (χ0) is 11.5. The molecule has 1 aromatic heterocycles. The van der Waals surface area contributed by atoms with Crippen molar-refractivity contribution < 1.29 is 0 Å². The first kappa shape index (κ1) is 13.7. The van der Waals surface area contributed by atoms with Gasteiger partial charge in [-0.3, -0.25) is 0 Å². The summed E-state index contributed by atoms with van der Waals surface area (Å²) in [5.74, 6) is 1.13. The Hall–Kier alpha value is 0.630. The Balaban J connectivity index is 2.56. The molecule has 0 spiro atoms. The van der Waals surface area contributed by atoms with Crippen molar-refractivity contribution in [1.82, 2.24) is 0 Å². The SMILES string of the molecule is CCC(C)(CC)CSc1cc(Cl)c(Cl)s1. The molecule has 0 aliphatic carbocycles. The van der Waals surface area contributed by atoms with Crippen molar-refractivity contribution in [1.29, 1.82) is 0 Å². The molecule has 0 fully saturated rings. The number of rotatable bonds is 5. The van der Waals surface area contributed by atoms with E-state index in [1.165, 1.54) is 17.1 Å². The summed E-state index contributed by atoms with van der Waals surface area (Å²) in [6.45, 7) is 6.83. The Kier molecular flexibility index (Phi) is 5.30. The minimum Gasteiger partial charge on any atom is -0.115 e. The second kappa shape index (κ2) is 5.81. The molecule has 0 aromatic carbocycles. The highest BCUT2D eigenvalue weighted by atomic mass is 35.5. The lowest BCUT2D eigenvalue weighted by molar-refractivity contribution is 0.347. The molecule has 1 aromatic rings. The molecule has 15 heavy (non-hydrogen) atoms. The highest BCUT2D eigenvalue weighted by molar-refractivity contribution is 8.01. The Bertz CT molecular complexity index is 297. The normalized spacial score (nSPS) is 12.1. The van der Waals surface area contributed by atoms with Crippen LogP contribution in [0.5, 0.6) is 0 Å². The van der Waals surface area contributed by atoms with Gasteiger partial charge in [-0.05, 0) is 24.3 Å². The summed E-state index contributed by atoms with van der Waals surface area (Å²) in [7, 11) is 0. The van der Waals surface area contributed by atoms with E-state index in [0.717, 1.165) is 5.75 Å². The van der Waals surface area contributed by atoms with E-state index < -0.39 is 0 Å². The molecular weight excluding hydrogens is 267 g/mol. The van der Waals surface area contributed by atoms with Crippen LogP contribution in [0, 0.1) is 5.41 Å². The summed E-state index contributed by atoms with van der Waals surface area (Å²) in [6.07, 6.45) is 2.42. The van der Waals surface area contributed by atoms with E-state index in [4.69, 9.17) is 23.2 Å². The largest absolute Gasteiger partial charge is 0.115 e. The first-order valence-corrected chi connectivity index (χ1v) is 7.64. The zero-order valence-electron chi connectivity index (χ0n) is 9.27. The van der Waals surface area contributed by atoms with Crippen LogP contribution < -0.4 is 0 Å². The average molecular weight is 283 g/mol. The fourth-order valence-corrected chi connectivity index (χ4v) is 4.17. The van der Waals surface area contributed by atoms with Crippen molar-refractivity contribution in [2.75, 3.05) is 5.75 Å². The van der Waals surface area contributed by atoms with Crippen molar-refractivity contribution in [3.8, 4) is 0 Å². The summed E-state index contributed by atoms with van der Waals surface area (Å²) >= 11 is 15.3. The van der Waals surface area contributed by atoms with Crippen LogP contribution >= 0.6 is 46.3 Å². The van der Waals surface area contributed by atoms with E-state index >= 15 is 0 Å². The van der Waals surface area contributed by atoms with E-state index in [-0.39, 0.29) is 0 Å². The fraction of sp³-hybridized carbons (Fsp3) is 0.636. The molecule has 0 unspecified atom stereocenters. The first-order valence-electron chi connectivity index (χ1n) is 5.08. The third-order valence-electron chi connectivity index (χ3n) is 2.89. The van der Waals surface area contributed by atoms with Crippen LogP contribution in [0.1, 0.15) is 33.6 Å². The van der Waals surface area contributed by atoms with Crippen LogP contribution in [0.2, 0.25) is 9.36 Å². The molecule has 0 N–H and O–H groups in total. The molecule has 86 valence electrons. The van der Waals surface area contributed by atoms with Gasteiger partial charge in [-0.25, -0.2) is 0 Å². The molecule has 0 atom stereocenters. The number of halogens is 2. The fourth-order valence-electron chi connectivity index (χ4n) is 1.10. The van der Waals surface area contributed by atoms with Crippen LogP contribution in [-0.2, 0) is 0 Å². The number of thiophene rings is 1. The van der Waals surface area contributed by atoms with Gasteiger partial charge in [0.1, 0.15) is 4.34 Å². The van der Waals surface area contributed by atoms with Gasteiger partial charge in [0.2, 0.25) is 0 Å². The number of hydrogen-bond donors (Lipinski definition) is 0. The number of thioether (sulfide) groups is 1. The maximum atomic E-state index is 5.92. The molecule has 0 aliphatic heterocycles. The van der Waals surface area contributed by atoms with Gasteiger partial charge in [-0.1, -0.05) is 44.0 Å². The minimum atomic E-state index is 0.424. The van der Waals surface area contributed by atoms with Crippen molar-refractivity contribution in [2.45, 2.75) is 37.8 Å². The highest BCUT2D eigenvalue weighted by Gasteiger charge is 2.20. The van der Waals surface area contributed by atoms with Crippen molar-refractivity contribution >= 4 is 46.3 Å². The lowest BCUT2D eigenvalue weighted by atomic mass is 9.87. The van der Waals surface area contributed by atoms with Crippen LogP contribution in [0.4, 0.5) is 0 Å². The predicted molar refractivity (Wildman–Crippen MR) is 73.8 cm³/mol. The summed E-state index contributed by atoms with van der Waals surface area (Å²) in [5.41, 5.74) is 0.424. The molecule has 0 saturated heterocycles. The van der Waals surface area contributed by atoms with Gasteiger partial charge in [-0.2, -0.15) is 0 Å². The van der Waals surface area contributed by atoms with E-state index in [1.54, 1.807) is 11.3 Å². The average Bonchev–Trinajstić information content (AvgIpc) is 2.55. The van der Waals surface area contributed by atoms with E-state index in [1.807, 2.05) is 17.8 Å². The summed E-state index contributed by atoms with van der Waals surface area (Å²) in [4.78, 5) is 0. The molecule has 0 amide bonds. The quantitative estimate of drug-likeness (QED) is 0.599. The minimum absolute atomic E-state index is 0.424. The third-order valence-corrected chi connectivity index (χ3v) is 6.40. The Morgan fingerprint density at radius 1 is 1.33 bits per heavy atom. The molecule has 1 heterocycles. The van der Waals surface area contributed by atoms with Gasteiger partial charge < -0.3 is 0 Å². The predicted octanol–water partition coefficient (Wildman–Crippen LogP) is 5.97. The van der Waals surface area contributed by atoms with Gasteiger partial charge in [0.15, 0.2) is 0 Å². The molecular formula is C11H16Cl2S2. The van der Waals surface area contributed by atoms with Crippen molar-refractivity contribution in [3.63, 3.8) is 0 Å².